The third kappa shape index (κ3) is 3.71. The lowest BCUT2D eigenvalue weighted by Gasteiger charge is -2.13. The van der Waals surface area contributed by atoms with Crippen molar-refractivity contribution in [2.45, 2.75) is 0 Å². The van der Waals surface area contributed by atoms with Crippen molar-refractivity contribution >= 4 is 139 Å². The molecule has 0 amide bonds. The van der Waals surface area contributed by atoms with Crippen LogP contribution in [0.5, 0.6) is 0 Å². The molecule has 0 N–H and O–H groups in total. The molecular formula is C52H28N2S2. The average molecular weight is 745 g/mol. The monoisotopic (exact) mass is 744 g/mol. The van der Waals surface area contributed by atoms with E-state index in [2.05, 4.69) is 179 Å². The lowest BCUT2D eigenvalue weighted by atomic mass is 9.95. The van der Waals surface area contributed by atoms with Crippen molar-refractivity contribution in [2.24, 2.45) is 0 Å². The van der Waals surface area contributed by atoms with Gasteiger partial charge in [-0.3, -0.25) is 0 Å². The highest BCUT2D eigenvalue weighted by Gasteiger charge is 2.20. The standard InChI is InChI=1S/C52H28N2S2/c1-2-10-33-31(9-1)27-53-43-23-18-30(26-41(43)38-22-24-46-47(48(38)50(33)53)40-13-5-8-16-45(40)55-46)29-17-19-34-32(25-29)28-54-42-14-6-3-11-35(42)37-20-21-39-36-12-4-7-15-44(36)56-52(39)49(37)51(34)54/h1-28H. The molecule has 258 valence electrons. The molecule has 4 heteroatoms. The number of pyridine rings is 2. The van der Waals surface area contributed by atoms with Crippen molar-refractivity contribution in [3.63, 3.8) is 0 Å². The van der Waals surface area contributed by atoms with Gasteiger partial charge in [0.2, 0.25) is 0 Å². The van der Waals surface area contributed by atoms with Gasteiger partial charge in [-0.15, -0.1) is 22.7 Å². The van der Waals surface area contributed by atoms with Gasteiger partial charge in [0.25, 0.3) is 0 Å². The van der Waals surface area contributed by atoms with E-state index >= 15 is 0 Å². The molecule has 2 nitrogen and oxygen atoms in total. The summed E-state index contributed by atoms with van der Waals surface area (Å²) in [6.07, 6.45) is 4.70. The van der Waals surface area contributed by atoms with Gasteiger partial charge in [0, 0.05) is 95.8 Å². The highest BCUT2D eigenvalue weighted by atomic mass is 32.1. The van der Waals surface area contributed by atoms with E-state index in [-0.39, 0.29) is 0 Å². The number of aromatic nitrogens is 2. The smallest absolute Gasteiger partial charge is 0.0628 e. The first-order chi connectivity index (χ1) is 27.8. The van der Waals surface area contributed by atoms with Crippen molar-refractivity contribution in [1.82, 2.24) is 8.80 Å². The van der Waals surface area contributed by atoms with Gasteiger partial charge in [0.05, 0.1) is 22.1 Å². The van der Waals surface area contributed by atoms with Crippen molar-refractivity contribution < 1.29 is 0 Å². The van der Waals surface area contributed by atoms with Crippen molar-refractivity contribution in [1.29, 1.82) is 0 Å². The third-order valence-corrected chi connectivity index (χ3v) is 14.8. The zero-order valence-corrected chi connectivity index (χ0v) is 31.5. The van der Waals surface area contributed by atoms with Crippen LogP contribution in [-0.2, 0) is 0 Å². The summed E-state index contributed by atoms with van der Waals surface area (Å²) in [5, 5.41) is 18.3. The fraction of sp³-hybridized carbons (Fsp3) is 0. The van der Waals surface area contributed by atoms with Gasteiger partial charge in [-0.2, -0.15) is 0 Å². The number of nitrogens with zero attached hydrogens (tertiary/aromatic N) is 2. The summed E-state index contributed by atoms with van der Waals surface area (Å²) in [5.41, 5.74) is 7.50. The quantitative estimate of drug-likeness (QED) is 0.148. The Kier molecular flexibility index (Phi) is 5.56. The topological polar surface area (TPSA) is 8.82 Å². The van der Waals surface area contributed by atoms with Crippen molar-refractivity contribution in [3.05, 3.63) is 170 Å². The van der Waals surface area contributed by atoms with E-state index in [4.69, 9.17) is 0 Å². The van der Waals surface area contributed by atoms with E-state index in [0.717, 1.165) is 0 Å². The normalized spacial score (nSPS) is 12.6. The lowest BCUT2D eigenvalue weighted by molar-refractivity contribution is 1.29. The Labute approximate surface area is 327 Å². The molecule has 0 aliphatic carbocycles. The summed E-state index contributed by atoms with van der Waals surface area (Å²) < 4.78 is 10.3. The molecule has 0 fully saturated rings. The van der Waals surface area contributed by atoms with Gasteiger partial charge in [-0.05, 0) is 64.4 Å². The summed E-state index contributed by atoms with van der Waals surface area (Å²) in [6.45, 7) is 0. The van der Waals surface area contributed by atoms with Crippen LogP contribution in [0.3, 0.4) is 0 Å². The van der Waals surface area contributed by atoms with Crippen LogP contribution < -0.4 is 0 Å². The Morgan fingerprint density at radius 1 is 0.321 bits per heavy atom. The molecule has 14 rings (SSSR count). The van der Waals surface area contributed by atoms with Gasteiger partial charge < -0.3 is 8.80 Å². The summed E-state index contributed by atoms with van der Waals surface area (Å²) in [4.78, 5) is 0. The lowest BCUT2D eigenvalue weighted by Crippen LogP contribution is -1.91. The second kappa shape index (κ2) is 10.5. The molecule has 0 aliphatic heterocycles. The fourth-order valence-electron chi connectivity index (χ4n) is 10.0. The number of hydrogen-bond donors (Lipinski definition) is 0. The Bertz CT molecular complexity index is 4060. The average Bonchev–Trinajstić information content (AvgIpc) is 4.03. The number of benzene rings is 8. The van der Waals surface area contributed by atoms with E-state index in [9.17, 15) is 0 Å². The Balaban J connectivity index is 1.07. The van der Waals surface area contributed by atoms with Crippen LogP contribution in [0.1, 0.15) is 0 Å². The van der Waals surface area contributed by atoms with Crippen LogP contribution in [0.25, 0.3) is 127 Å². The minimum Gasteiger partial charge on any atom is -0.315 e. The van der Waals surface area contributed by atoms with Crippen LogP contribution in [0.2, 0.25) is 0 Å². The van der Waals surface area contributed by atoms with Gasteiger partial charge in [0.1, 0.15) is 0 Å². The number of fused-ring (bicyclic) bond motifs is 24. The van der Waals surface area contributed by atoms with Crippen LogP contribution in [0.15, 0.2) is 170 Å². The maximum Gasteiger partial charge on any atom is 0.0628 e. The minimum absolute atomic E-state index is 1.23. The van der Waals surface area contributed by atoms with Crippen molar-refractivity contribution in [2.75, 3.05) is 0 Å². The van der Waals surface area contributed by atoms with E-state index < -0.39 is 0 Å². The highest BCUT2D eigenvalue weighted by Crippen LogP contribution is 2.47. The molecular weight excluding hydrogens is 717 g/mol. The third-order valence-electron chi connectivity index (χ3n) is 12.4. The first kappa shape index (κ1) is 29.6. The van der Waals surface area contributed by atoms with E-state index in [0.29, 0.717) is 0 Å². The predicted molar refractivity (Wildman–Crippen MR) is 245 cm³/mol. The van der Waals surface area contributed by atoms with Crippen LogP contribution in [0.4, 0.5) is 0 Å². The molecule has 0 spiro atoms. The molecule has 0 aliphatic rings. The van der Waals surface area contributed by atoms with Crippen LogP contribution in [0, 0.1) is 0 Å². The molecule has 0 atom stereocenters. The Morgan fingerprint density at radius 2 is 0.911 bits per heavy atom. The first-order valence-corrected chi connectivity index (χ1v) is 20.8. The number of para-hydroxylation sites is 1. The molecule has 8 aromatic carbocycles. The second-order valence-corrected chi connectivity index (χ2v) is 17.4. The zero-order chi connectivity index (χ0) is 36.2. The Morgan fingerprint density at radius 3 is 1.80 bits per heavy atom. The Hall–Kier alpha value is -6.72. The summed E-state index contributed by atoms with van der Waals surface area (Å²) in [6, 6.07) is 59.1. The highest BCUT2D eigenvalue weighted by molar-refractivity contribution is 7.27. The van der Waals surface area contributed by atoms with Gasteiger partial charge >= 0.3 is 0 Å². The predicted octanol–water partition coefficient (Wildman–Crippen LogP) is 15.5. The molecule has 0 unspecified atom stereocenters. The number of rotatable bonds is 1. The first-order valence-electron chi connectivity index (χ1n) is 19.2. The number of thiophene rings is 2. The SMILES string of the molecule is c1ccc2c(c1)cn1c3ccc(-c4ccc5c(c4)cn4c6ccccc6c6ccc7c8ccccc8sc7c6c54)cc3c3ccc4sc5ccccc5c4c3c21. The maximum atomic E-state index is 2.45. The molecule has 0 radical (unpaired) electrons. The molecule has 56 heavy (non-hydrogen) atoms. The molecule has 0 saturated carbocycles. The van der Waals surface area contributed by atoms with Crippen LogP contribution >= 0.6 is 22.7 Å². The van der Waals surface area contributed by atoms with E-state index in [1.807, 2.05) is 22.7 Å². The maximum absolute atomic E-state index is 2.45. The molecule has 0 bridgehead atoms. The molecule has 6 heterocycles. The van der Waals surface area contributed by atoms with Crippen molar-refractivity contribution in [3.8, 4) is 11.1 Å². The molecule has 6 aromatic heterocycles. The molecule has 14 aromatic rings. The van der Waals surface area contributed by atoms with Gasteiger partial charge in [0.15, 0.2) is 0 Å². The zero-order valence-electron chi connectivity index (χ0n) is 29.9. The fourth-order valence-corrected chi connectivity index (χ4v) is 12.4. The summed E-state index contributed by atoms with van der Waals surface area (Å²) >= 11 is 3.81. The van der Waals surface area contributed by atoms with E-state index in [1.165, 1.54) is 127 Å². The number of hydrogen-bond acceptors (Lipinski definition) is 2. The van der Waals surface area contributed by atoms with E-state index in [1.54, 1.807) is 0 Å². The summed E-state index contributed by atoms with van der Waals surface area (Å²) in [7, 11) is 0. The van der Waals surface area contributed by atoms with Gasteiger partial charge in [-0.25, -0.2) is 0 Å². The van der Waals surface area contributed by atoms with Crippen LogP contribution in [-0.4, -0.2) is 8.80 Å². The molecule has 0 saturated heterocycles. The minimum atomic E-state index is 1.23. The second-order valence-electron chi connectivity index (χ2n) is 15.3. The largest absolute Gasteiger partial charge is 0.315 e. The van der Waals surface area contributed by atoms with Gasteiger partial charge in [-0.1, -0.05) is 115 Å². The summed E-state index contributed by atoms with van der Waals surface area (Å²) in [5.74, 6) is 0.